The van der Waals surface area contributed by atoms with Gasteiger partial charge in [-0.15, -0.1) is 5.10 Å². The number of benzene rings is 2. The van der Waals surface area contributed by atoms with Crippen molar-refractivity contribution in [1.82, 2.24) is 24.5 Å². The van der Waals surface area contributed by atoms with E-state index in [1.165, 1.54) is 20.3 Å². The quantitative estimate of drug-likeness (QED) is 0.464. The highest BCUT2D eigenvalue weighted by atomic mass is 16.2. The Morgan fingerprint density at radius 3 is 2.43 bits per heavy atom. The lowest BCUT2D eigenvalue weighted by atomic mass is 10.1. The maximum atomic E-state index is 12.9. The Hall–Kier alpha value is -4.14. The lowest BCUT2D eigenvalue weighted by molar-refractivity contribution is -0.122. The summed E-state index contributed by atoms with van der Waals surface area (Å²) in [6, 6.07) is 16.3. The summed E-state index contributed by atoms with van der Waals surface area (Å²) in [4.78, 5) is 34.5. The Labute approximate surface area is 203 Å². The van der Waals surface area contributed by atoms with Gasteiger partial charge in [0.15, 0.2) is 5.82 Å². The van der Waals surface area contributed by atoms with Gasteiger partial charge in [0, 0.05) is 50.8 Å². The number of amides is 1. The van der Waals surface area contributed by atoms with Gasteiger partial charge in [-0.2, -0.15) is 0 Å². The Morgan fingerprint density at radius 1 is 0.971 bits per heavy atom. The van der Waals surface area contributed by atoms with Crippen LogP contribution in [0.5, 0.6) is 0 Å². The van der Waals surface area contributed by atoms with Gasteiger partial charge >= 0.3 is 5.69 Å². The topological polar surface area (TPSA) is 87.8 Å². The Morgan fingerprint density at radius 2 is 1.69 bits per heavy atom. The van der Waals surface area contributed by atoms with Crippen molar-refractivity contribution in [3.05, 3.63) is 88.1 Å². The van der Waals surface area contributed by atoms with Crippen LogP contribution in [0, 0.1) is 13.8 Å². The first-order valence-electron chi connectivity index (χ1n) is 11.8. The molecule has 180 valence electrons. The molecular weight excluding hydrogens is 442 g/mol. The minimum Gasteiger partial charge on any atom is -0.368 e. The number of carbonyl (C=O) groups excluding carboxylic acids is 1. The average Bonchev–Trinajstić information content (AvgIpc) is 3.19. The number of fused-ring (bicyclic) bond motifs is 1. The second kappa shape index (κ2) is 9.61. The van der Waals surface area contributed by atoms with Crippen LogP contribution in [0.4, 0.5) is 11.5 Å². The van der Waals surface area contributed by atoms with Crippen molar-refractivity contribution < 1.29 is 4.79 Å². The van der Waals surface area contributed by atoms with Crippen LogP contribution in [0.1, 0.15) is 16.7 Å². The van der Waals surface area contributed by atoms with Gasteiger partial charge in [-0.3, -0.25) is 4.79 Å². The molecule has 0 saturated carbocycles. The number of aryl methyl sites for hydroxylation is 2. The van der Waals surface area contributed by atoms with Crippen molar-refractivity contribution in [2.75, 3.05) is 36.0 Å². The van der Waals surface area contributed by atoms with Gasteiger partial charge in [-0.1, -0.05) is 48.0 Å². The summed E-state index contributed by atoms with van der Waals surface area (Å²) < 4.78 is 2.66. The van der Waals surface area contributed by atoms with Crippen molar-refractivity contribution in [1.29, 1.82) is 0 Å². The first kappa shape index (κ1) is 22.6. The number of aromatic nitrogens is 4. The first-order valence-corrected chi connectivity index (χ1v) is 11.8. The van der Waals surface area contributed by atoms with Crippen LogP contribution in [0.25, 0.3) is 5.65 Å². The van der Waals surface area contributed by atoms with Crippen LogP contribution < -0.4 is 20.8 Å². The van der Waals surface area contributed by atoms with Gasteiger partial charge in [0.25, 0.3) is 0 Å². The van der Waals surface area contributed by atoms with Crippen molar-refractivity contribution in [3.63, 3.8) is 0 Å². The third-order valence-corrected chi connectivity index (χ3v) is 6.42. The fraction of sp³-hybridized carbons (Fsp3) is 0.308. The van der Waals surface area contributed by atoms with E-state index < -0.39 is 0 Å². The molecule has 0 unspecified atom stereocenters. The normalized spacial score (nSPS) is 13.9. The standard InChI is InChI=1S/C26H29N7O2/c1-19-7-9-21(10-8-19)17-28-23(34)18-33-26(35)32-12-11-27-24(25(32)29-33)31-15-13-30(14-16-31)22-6-4-3-5-20(22)2/h3-12H,13-18H2,1-2H3,(H,28,34). The highest BCUT2D eigenvalue weighted by molar-refractivity contribution is 5.75. The zero-order valence-corrected chi connectivity index (χ0v) is 20.0. The van der Waals surface area contributed by atoms with Crippen LogP contribution in [-0.4, -0.2) is 51.3 Å². The third-order valence-electron chi connectivity index (χ3n) is 6.42. The predicted octanol–water partition coefficient (Wildman–Crippen LogP) is 2.15. The molecule has 0 aliphatic carbocycles. The van der Waals surface area contributed by atoms with Crippen molar-refractivity contribution >= 4 is 23.1 Å². The molecule has 9 nitrogen and oxygen atoms in total. The zero-order chi connectivity index (χ0) is 24.4. The second-order valence-corrected chi connectivity index (χ2v) is 8.91. The molecule has 0 radical (unpaired) electrons. The molecule has 1 aliphatic heterocycles. The molecule has 1 aliphatic rings. The fourth-order valence-corrected chi connectivity index (χ4v) is 4.44. The molecule has 4 aromatic rings. The molecule has 0 atom stereocenters. The molecule has 35 heavy (non-hydrogen) atoms. The predicted molar refractivity (Wildman–Crippen MR) is 136 cm³/mol. The molecule has 9 heteroatoms. The minimum absolute atomic E-state index is 0.146. The molecular formula is C26H29N7O2. The highest BCUT2D eigenvalue weighted by Crippen LogP contribution is 2.23. The van der Waals surface area contributed by atoms with Gasteiger partial charge in [0.1, 0.15) is 6.54 Å². The molecule has 0 bridgehead atoms. The number of hydrogen-bond acceptors (Lipinski definition) is 6. The van der Waals surface area contributed by atoms with Gasteiger partial charge in [0.2, 0.25) is 11.6 Å². The Balaban J connectivity index is 1.29. The number of nitrogens with zero attached hydrogens (tertiary/aromatic N) is 6. The van der Waals surface area contributed by atoms with Crippen LogP contribution in [0.2, 0.25) is 0 Å². The smallest absolute Gasteiger partial charge is 0.350 e. The maximum absolute atomic E-state index is 12.9. The zero-order valence-electron chi connectivity index (χ0n) is 20.0. The second-order valence-electron chi connectivity index (χ2n) is 8.91. The largest absolute Gasteiger partial charge is 0.368 e. The van der Waals surface area contributed by atoms with Crippen molar-refractivity contribution in [2.45, 2.75) is 26.9 Å². The summed E-state index contributed by atoms with van der Waals surface area (Å²) in [6.45, 7) is 7.62. The third kappa shape index (κ3) is 4.75. The van der Waals surface area contributed by atoms with Gasteiger partial charge in [-0.05, 0) is 31.0 Å². The van der Waals surface area contributed by atoms with Crippen LogP contribution >= 0.6 is 0 Å². The molecule has 1 amide bonds. The summed E-state index contributed by atoms with van der Waals surface area (Å²) in [5.41, 5.74) is 4.78. The van der Waals surface area contributed by atoms with E-state index in [1.54, 1.807) is 12.4 Å². The molecule has 1 fully saturated rings. The molecule has 3 heterocycles. The molecule has 2 aromatic heterocycles. The lowest BCUT2D eigenvalue weighted by Gasteiger charge is -2.37. The SMILES string of the molecule is Cc1ccc(CNC(=O)Cn2nc3c(N4CCN(c5ccccc5C)CC4)nccn3c2=O)cc1. The average molecular weight is 472 g/mol. The molecule has 1 N–H and O–H groups in total. The minimum atomic E-state index is -0.354. The van der Waals surface area contributed by atoms with Gasteiger partial charge in [-0.25, -0.2) is 18.9 Å². The van der Waals surface area contributed by atoms with E-state index in [0.29, 0.717) is 18.0 Å². The van der Waals surface area contributed by atoms with E-state index in [0.717, 1.165) is 37.3 Å². The molecule has 2 aromatic carbocycles. The van der Waals surface area contributed by atoms with Crippen LogP contribution in [0.15, 0.2) is 65.7 Å². The first-order chi connectivity index (χ1) is 17.0. The van der Waals surface area contributed by atoms with Crippen LogP contribution in [0.3, 0.4) is 0 Å². The van der Waals surface area contributed by atoms with Crippen molar-refractivity contribution in [2.24, 2.45) is 0 Å². The summed E-state index contributed by atoms with van der Waals surface area (Å²) in [5.74, 6) is 0.394. The monoisotopic (exact) mass is 471 g/mol. The Kier molecular flexibility index (Phi) is 6.22. The van der Waals surface area contributed by atoms with Gasteiger partial charge in [0.05, 0.1) is 0 Å². The van der Waals surface area contributed by atoms with Crippen LogP contribution in [-0.2, 0) is 17.9 Å². The number of hydrogen-bond donors (Lipinski definition) is 1. The highest BCUT2D eigenvalue weighted by Gasteiger charge is 2.23. The number of carbonyl (C=O) groups is 1. The number of para-hydroxylation sites is 1. The summed E-state index contributed by atoms with van der Waals surface area (Å²) >= 11 is 0. The molecule has 0 spiro atoms. The van der Waals surface area contributed by atoms with E-state index in [9.17, 15) is 9.59 Å². The molecule has 5 rings (SSSR count). The van der Waals surface area contributed by atoms with E-state index >= 15 is 0 Å². The molecule has 1 saturated heterocycles. The lowest BCUT2D eigenvalue weighted by Crippen LogP contribution is -2.47. The van der Waals surface area contributed by atoms with E-state index in [1.807, 2.05) is 31.2 Å². The van der Waals surface area contributed by atoms with E-state index in [-0.39, 0.29) is 18.1 Å². The number of rotatable bonds is 6. The fourth-order valence-electron chi connectivity index (χ4n) is 4.44. The summed E-state index contributed by atoms with van der Waals surface area (Å²) in [6.07, 6.45) is 3.21. The van der Waals surface area contributed by atoms with Gasteiger partial charge < -0.3 is 15.1 Å². The number of piperazine rings is 1. The van der Waals surface area contributed by atoms with E-state index in [4.69, 9.17) is 0 Å². The maximum Gasteiger partial charge on any atom is 0.350 e. The number of nitrogens with one attached hydrogen (secondary N) is 1. The number of anilines is 2. The Bertz CT molecular complexity index is 1400. The van der Waals surface area contributed by atoms with E-state index in [2.05, 4.69) is 56.4 Å². The summed E-state index contributed by atoms with van der Waals surface area (Å²) in [7, 11) is 0. The summed E-state index contributed by atoms with van der Waals surface area (Å²) in [5, 5.41) is 7.34. The van der Waals surface area contributed by atoms with Crippen molar-refractivity contribution in [3.8, 4) is 0 Å².